The number of carbonyl (C=O) groups excluding carboxylic acids is 1. The third-order valence-corrected chi connectivity index (χ3v) is 4.90. The van der Waals surface area contributed by atoms with Crippen molar-refractivity contribution < 1.29 is 37.7 Å². The molecule has 10 heteroatoms. The quantitative estimate of drug-likeness (QED) is 0.304. The number of carbonyl (C=O) groups is 2. The highest BCUT2D eigenvalue weighted by atomic mass is 19.3. The first-order chi connectivity index (χ1) is 16.2. The SMILES string of the molecule is CCCCNC(=O)N(CCOCCC(C)(F)F)CCOc1ccc(CC(OCC)C(=O)O)cc1. The molecule has 1 rings (SSSR count). The van der Waals surface area contributed by atoms with E-state index in [0.29, 0.717) is 25.4 Å². The van der Waals surface area contributed by atoms with Gasteiger partial charge in [-0.15, -0.1) is 0 Å². The van der Waals surface area contributed by atoms with Gasteiger partial charge >= 0.3 is 12.0 Å². The molecule has 0 aromatic heterocycles. The summed E-state index contributed by atoms with van der Waals surface area (Å²) in [6.07, 6.45) is 0.788. The Morgan fingerprint density at radius 2 is 1.79 bits per heavy atom. The van der Waals surface area contributed by atoms with Gasteiger partial charge in [0, 0.05) is 32.5 Å². The number of hydrogen-bond acceptors (Lipinski definition) is 5. The van der Waals surface area contributed by atoms with Crippen LogP contribution in [0, 0.1) is 0 Å². The van der Waals surface area contributed by atoms with E-state index < -0.39 is 18.0 Å². The summed E-state index contributed by atoms with van der Waals surface area (Å²) in [5.41, 5.74) is 0.805. The third-order valence-electron chi connectivity index (χ3n) is 4.90. The summed E-state index contributed by atoms with van der Waals surface area (Å²) in [4.78, 5) is 25.2. The first kappa shape index (κ1) is 29.6. The maximum Gasteiger partial charge on any atom is 0.333 e. The highest BCUT2D eigenvalue weighted by Crippen LogP contribution is 2.16. The van der Waals surface area contributed by atoms with Crippen molar-refractivity contribution in [3.8, 4) is 5.75 Å². The van der Waals surface area contributed by atoms with E-state index in [2.05, 4.69) is 5.32 Å². The zero-order chi connectivity index (χ0) is 25.4. The molecule has 0 spiro atoms. The lowest BCUT2D eigenvalue weighted by atomic mass is 10.1. The predicted molar refractivity (Wildman–Crippen MR) is 125 cm³/mol. The molecule has 0 radical (unpaired) electrons. The van der Waals surface area contributed by atoms with E-state index in [0.717, 1.165) is 25.3 Å². The van der Waals surface area contributed by atoms with Gasteiger partial charge in [-0.05, 0) is 38.0 Å². The van der Waals surface area contributed by atoms with Crippen LogP contribution in [0.25, 0.3) is 0 Å². The van der Waals surface area contributed by atoms with Crippen molar-refractivity contribution in [3.05, 3.63) is 29.8 Å². The fraction of sp³-hybridized carbons (Fsp3) is 0.667. The minimum absolute atomic E-state index is 0.0797. The van der Waals surface area contributed by atoms with Crippen molar-refractivity contribution in [2.75, 3.05) is 46.1 Å². The zero-order valence-electron chi connectivity index (χ0n) is 20.4. The van der Waals surface area contributed by atoms with Crippen LogP contribution < -0.4 is 10.1 Å². The number of nitrogens with one attached hydrogen (secondary N) is 1. The number of carboxylic acids is 1. The Morgan fingerprint density at radius 1 is 1.12 bits per heavy atom. The van der Waals surface area contributed by atoms with E-state index in [1.807, 2.05) is 6.92 Å². The summed E-state index contributed by atoms with van der Waals surface area (Å²) >= 11 is 0. The number of ether oxygens (including phenoxy) is 3. The van der Waals surface area contributed by atoms with E-state index >= 15 is 0 Å². The molecule has 0 aliphatic carbocycles. The standard InChI is InChI=1S/C24H38F2N2O6/c1-4-6-12-27-23(31)28(13-16-32-15-11-24(3,25)26)14-17-34-20-9-7-19(8-10-20)18-21(22(29)30)33-5-2/h7-10,21H,4-6,11-18H2,1-3H3,(H,27,31)(H,29,30). The van der Waals surface area contributed by atoms with Crippen molar-refractivity contribution in [2.24, 2.45) is 0 Å². The Balaban J connectivity index is 2.53. The molecule has 1 aromatic rings. The van der Waals surface area contributed by atoms with Crippen molar-refractivity contribution in [1.29, 1.82) is 0 Å². The lowest BCUT2D eigenvalue weighted by Crippen LogP contribution is -2.44. The van der Waals surface area contributed by atoms with Crippen LogP contribution in [0.15, 0.2) is 24.3 Å². The van der Waals surface area contributed by atoms with Crippen molar-refractivity contribution >= 4 is 12.0 Å². The van der Waals surface area contributed by atoms with Crippen LogP contribution in [-0.4, -0.2) is 80.1 Å². The Labute approximate surface area is 200 Å². The molecule has 1 unspecified atom stereocenters. The average Bonchev–Trinajstić information content (AvgIpc) is 2.77. The van der Waals surface area contributed by atoms with Gasteiger partial charge in [-0.3, -0.25) is 0 Å². The van der Waals surface area contributed by atoms with E-state index in [-0.39, 0.29) is 45.2 Å². The van der Waals surface area contributed by atoms with Crippen LogP contribution in [0.1, 0.15) is 45.6 Å². The van der Waals surface area contributed by atoms with E-state index in [1.54, 1.807) is 31.2 Å². The van der Waals surface area contributed by atoms with Crippen LogP contribution in [0.5, 0.6) is 5.75 Å². The highest BCUT2D eigenvalue weighted by Gasteiger charge is 2.21. The molecule has 0 heterocycles. The van der Waals surface area contributed by atoms with E-state index in [4.69, 9.17) is 14.2 Å². The summed E-state index contributed by atoms with van der Waals surface area (Å²) in [5, 5.41) is 12.0. The van der Waals surface area contributed by atoms with Crippen LogP contribution in [0.3, 0.4) is 0 Å². The summed E-state index contributed by atoms with van der Waals surface area (Å²) < 4.78 is 42.0. The lowest BCUT2D eigenvalue weighted by Gasteiger charge is -2.23. The Kier molecular flexibility index (Phi) is 14.1. The maximum atomic E-state index is 12.9. The fourth-order valence-corrected chi connectivity index (χ4v) is 2.96. The summed E-state index contributed by atoms with van der Waals surface area (Å²) in [6.45, 7) is 6.33. The molecule has 1 atom stereocenters. The maximum absolute atomic E-state index is 12.9. The van der Waals surface area contributed by atoms with Gasteiger partial charge in [0.2, 0.25) is 5.92 Å². The van der Waals surface area contributed by atoms with Crippen LogP contribution in [0.4, 0.5) is 13.6 Å². The van der Waals surface area contributed by atoms with Crippen LogP contribution in [-0.2, 0) is 20.7 Å². The minimum Gasteiger partial charge on any atom is -0.492 e. The first-order valence-corrected chi connectivity index (χ1v) is 11.7. The number of hydrogen-bond donors (Lipinski definition) is 2. The van der Waals surface area contributed by atoms with E-state index in [1.165, 1.54) is 4.90 Å². The van der Waals surface area contributed by atoms with Gasteiger partial charge in [-0.1, -0.05) is 25.5 Å². The number of alkyl halides is 2. The molecule has 2 N–H and O–H groups in total. The molecule has 0 saturated heterocycles. The summed E-state index contributed by atoms with van der Waals surface area (Å²) in [5.74, 6) is -3.20. The first-order valence-electron chi connectivity index (χ1n) is 11.7. The highest BCUT2D eigenvalue weighted by molar-refractivity contribution is 5.74. The zero-order valence-corrected chi connectivity index (χ0v) is 20.4. The second-order valence-electron chi connectivity index (χ2n) is 7.98. The molecular formula is C24H38F2N2O6. The number of carboxylic acid groups (broad SMARTS) is 1. The second-order valence-corrected chi connectivity index (χ2v) is 7.98. The van der Waals surface area contributed by atoms with E-state index in [9.17, 15) is 23.5 Å². The summed E-state index contributed by atoms with van der Waals surface area (Å²) in [7, 11) is 0. The largest absolute Gasteiger partial charge is 0.492 e. The number of urea groups is 1. The Bertz CT molecular complexity index is 712. The molecule has 8 nitrogen and oxygen atoms in total. The number of nitrogens with zero attached hydrogens (tertiary/aromatic N) is 1. The molecule has 0 aliphatic rings. The molecule has 194 valence electrons. The van der Waals surface area contributed by atoms with Gasteiger partial charge in [0.1, 0.15) is 12.4 Å². The topological polar surface area (TPSA) is 97.3 Å². The van der Waals surface area contributed by atoms with Crippen LogP contribution in [0.2, 0.25) is 0 Å². The molecule has 0 bridgehead atoms. The normalized spacial score (nSPS) is 12.3. The number of aliphatic carboxylic acids is 1. The lowest BCUT2D eigenvalue weighted by molar-refractivity contribution is -0.149. The number of unbranched alkanes of at least 4 members (excludes halogenated alkanes) is 1. The molecular weight excluding hydrogens is 450 g/mol. The molecule has 1 aromatic carbocycles. The fourth-order valence-electron chi connectivity index (χ4n) is 2.96. The average molecular weight is 489 g/mol. The number of rotatable bonds is 18. The number of halogens is 2. The number of amides is 2. The monoisotopic (exact) mass is 488 g/mol. The number of benzene rings is 1. The Hall–Kier alpha value is -2.46. The van der Waals surface area contributed by atoms with Gasteiger partial charge in [-0.25, -0.2) is 18.4 Å². The third kappa shape index (κ3) is 13.3. The van der Waals surface area contributed by atoms with Gasteiger partial charge < -0.3 is 29.5 Å². The smallest absolute Gasteiger partial charge is 0.333 e. The molecule has 0 fully saturated rings. The van der Waals surface area contributed by atoms with Gasteiger partial charge in [-0.2, -0.15) is 0 Å². The van der Waals surface area contributed by atoms with Crippen molar-refractivity contribution in [3.63, 3.8) is 0 Å². The van der Waals surface area contributed by atoms with Crippen molar-refractivity contribution in [1.82, 2.24) is 10.2 Å². The minimum atomic E-state index is -2.78. The van der Waals surface area contributed by atoms with Crippen molar-refractivity contribution in [2.45, 2.75) is 58.5 Å². The molecule has 0 aliphatic heterocycles. The van der Waals surface area contributed by atoms with Gasteiger partial charge in [0.05, 0.1) is 19.8 Å². The predicted octanol–water partition coefficient (Wildman–Crippen LogP) is 3.97. The second kappa shape index (κ2) is 16.2. The molecule has 34 heavy (non-hydrogen) atoms. The van der Waals surface area contributed by atoms with Crippen LogP contribution >= 0.6 is 0 Å². The Morgan fingerprint density at radius 3 is 2.38 bits per heavy atom. The molecule has 2 amide bonds. The van der Waals surface area contributed by atoms with Gasteiger partial charge in [0.15, 0.2) is 6.10 Å². The van der Waals surface area contributed by atoms with Gasteiger partial charge in [0.25, 0.3) is 0 Å². The molecule has 0 saturated carbocycles. The summed E-state index contributed by atoms with van der Waals surface area (Å²) in [6, 6.07) is 6.76.